The van der Waals surface area contributed by atoms with Crippen LogP contribution in [0.1, 0.15) is 38.3 Å². The molecule has 15 heavy (non-hydrogen) atoms. The first-order valence-electron chi connectivity index (χ1n) is 6.09. The maximum Gasteiger partial charge on any atom is 0.0372 e. The number of hydrogen-bond acceptors (Lipinski definition) is 1. The van der Waals surface area contributed by atoms with E-state index in [-0.39, 0.29) is 0 Å². The molecule has 0 aromatic heterocycles. The van der Waals surface area contributed by atoms with E-state index in [9.17, 15) is 0 Å². The van der Waals surface area contributed by atoms with Gasteiger partial charge in [-0.05, 0) is 37.3 Å². The van der Waals surface area contributed by atoms with Crippen LogP contribution in [0.25, 0.3) is 0 Å². The van der Waals surface area contributed by atoms with Gasteiger partial charge in [-0.3, -0.25) is 0 Å². The Hall–Kier alpha value is -0.980. The van der Waals surface area contributed by atoms with Crippen molar-refractivity contribution >= 4 is 5.69 Å². The van der Waals surface area contributed by atoms with Gasteiger partial charge in [-0.25, -0.2) is 0 Å². The smallest absolute Gasteiger partial charge is 0.0372 e. The average Bonchev–Trinajstić information content (AvgIpc) is 2.44. The van der Waals surface area contributed by atoms with Crippen LogP contribution < -0.4 is 5.32 Å². The molecule has 1 nitrogen and oxygen atoms in total. The molecule has 0 radical (unpaired) electrons. The first-order valence-corrected chi connectivity index (χ1v) is 6.09. The van der Waals surface area contributed by atoms with Crippen LogP contribution in [-0.2, 0) is 6.42 Å². The van der Waals surface area contributed by atoms with Crippen molar-refractivity contribution in [3.8, 4) is 0 Å². The van der Waals surface area contributed by atoms with Crippen LogP contribution in [0.15, 0.2) is 18.2 Å². The molecule has 0 fully saturated rings. The van der Waals surface area contributed by atoms with E-state index in [0.717, 1.165) is 12.5 Å². The van der Waals surface area contributed by atoms with Gasteiger partial charge in [0.2, 0.25) is 0 Å². The average molecular weight is 205 g/mol. The molecule has 1 aromatic rings. The minimum absolute atomic E-state index is 0.799. The summed E-state index contributed by atoms with van der Waals surface area (Å²) >= 11 is 0. The molecule has 1 aliphatic heterocycles. The number of benzene rings is 1. The lowest BCUT2D eigenvalue weighted by Gasteiger charge is -2.08. The molecule has 1 unspecified atom stereocenters. The molecule has 2 rings (SSSR count). The van der Waals surface area contributed by atoms with Gasteiger partial charge in [0.15, 0.2) is 0 Å². The molecule has 0 bridgehead atoms. The van der Waals surface area contributed by atoms with Crippen LogP contribution in [0.4, 0.5) is 5.69 Å². The van der Waals surface area contributed by atoms with Crippen LogP contribution in [0.3, 0.4) is 0 Å². The predicted molar refractivity (Wildman–Crippen MR) is 68.5 cm³/mol. The highest BCUT2D eigenvalue weighted by Gasteiger charge is 2.11. The standard InChI is InChI=1S/C12H17N.C2H6/c1-9-4-6-12-11(7-9)5-3-10(2)8-13-12;1-2/h4,6-7,10,13H,3,5,8H2,1-2H3;1-2H3. The zero-order valence-corrected chi connectivity index (χ0v) is 10.4. The summed E-state index contributed by atoms with van der Waals surface area (Å²) in [5.74, 6) is 0.799. The predicted octanol–water partition coefficient (Wildman–Crippen LogP) is 4.02. The SMILES string of the molecule is CC.Cc1ccc2c(c1)CCC(C)CN2. The zero-order chi connectivity index (χ0) is 11.3. The molecule has 0 saturated carbocycles. The Morgan fingerprint density at radius 1 is 1.27 bits per heavy atom. The van der Waals surface area contributed by atoms with Gasteiger partial charge >= 0.3 is 0 Å². The molecular weight excluding hydrogens is 182 g/mol. The van der Waals surface area contributed by atoms with Crippen molar-refractivity contribution < 1.29 is 0 Å². The highest BCUT2D eigenvalue weighted by molar-refractivity contribution is 5.53. The fourth-order valence-electron chi connectivity index (χ4n) is 1.89. The Balaban J connectivity index is 0.000000531. The second kappa shape index (κ2) is 5.79. The third-order valence-corrected chi connectivity index (χ3v) is 2.81. The maximum absolute atomic E-state index is 3.50. The summed E-state index contributed by atoms with van der Waals surface area (Å²) in [7, 11) is 0. The Labute approximate surface area is 93.9 Å². The maximum atomic E-state index is 3.50. The molecule has 0 spiro atoms. The van der Waals surface area contributed by atoms with E-state index in [2.05, 4.69) is 37.4 Å². The van der Waals surface area contributed by atoms with Gasteiger partial charge in [-0.1, -0.05) is 38.5 Å². The lowest BCUT2D eigenvalue weighted by atomic mass is 10.0. The molecular formula is C14H23N. The highest BCUT2D eigenvalue weighted by Crippen LogP contribution is 2.24. The number of anilines is 1. The van der Waals surface area contributed by atoms with Gasteiger partial charge in [-0.2, -0.15) is 0 Å². The molecule has 84 valence electrons. The third-order valence-electron chi connectivity index (χ3n) is 2.81. The van der Waals surface area contributed by atoms with Crippen LogP contribution in [0.2, 0.25) is 0 Å². The summed E-state index contributed by atoms with van der Waals surface area (Å²) < 4.78 is 0. The summed E-state index contributed by atoms with van der Waals surface area (Å²) in [6, 6.07) is 6.70. The van der Waals surface area contributed by atoms with Crippen LogP contribution >= 0.6 is 0 Å². The summed E-state index contributed by atoms with van der Waals surface area (Å²) in [6.07, 6.45) is 2.54. The number of fused-ring (bicyclic) bond motifs is 1. The summed E-state index contributed by atoms with van der Waals surface area (Å²) in [6.45, 7) is 9.59. The number of nitrogens with one attached hydrogen (secondary N) is 1. The van der Waals surface area contributed by atoms with Gasteiger partial charge in [0.05, 0.1) is 0 Å². The fourth-order valence-corrected chi connectivity index (χ4v) is 1.89. The molecule has 1 aromatic carbocycles. The Morgan fingerprint density at radius 2 is 2.00 bits per heavy atom. The first-order chi connectivity index (χ1) is 7.25. The Bertz CT molecular complexity index is 304. The number of aryl methyl sites for hydroxylation is 2. The second-order valence-electron chi connectivity index (χ2n) is 4.19. The Morgan fingerprint density at radius 3 is 2.73 bits per heavy atom. The van der Waals surface area contributed by atoms with Gasteiger partial charge in [0, 0.05) is 12.2 Å². The zero-order valence-electron chi connectivity index (χ0n) is 10.4. The molecule has 1 atom stereocenters. The van der Waals surface area contributed by atoms with E-state index in [1.54, 1.807) is 0 Å². The van der Waals surface area contributed by atoms with Crippen molar-refractivity contribution in [3.05, 3.63) is 29.3 Å². The van der Waals surface area contributed by atoms with Crippen LogP contribution in [0.5, 0.6) is 0 Å². The lowest BCUT2D eigenvalue weighted by molar-refractivity contribution is 0.571. The molecule has 0 saturated heterocycles. The van der Waals surface area contributed by atoms with E-state index in [1.165, 1.54) is 29.7 Å². The van der Waals surface area contributed by atoms with E-state index >= 15 is 0 Å². The van der Waals surface area contributed by atoms with Crippen molar-refractivity contribution in [2.45, 2.75) is 40.5 Å². The van der Waals surface area contributed by atoms with Crippen molar-refractivity contribution in [3.63, 3.8) is 0 Å². The molecule has 0 aliphatic carbocycles. The summed E-state index contributed by atoms with van der Waals surface area (Å²) in [5.41, 5.74) is 4.20. The number of rotatable bonds is 0. The topological polar surface area (TPSA) is 12.0 Å². The minimum Gasteiger partial charge on any atom is -0.385 e. The fraction of sp³-hybridized carbons (Fsp3) is 0.571. The van der Waals surface area contributed by atoms with E-state index < -0.39 is 0 Å². The molecule has 0 amide bonds. The molecule has 1 N–H and O–H groups in total. The van der Waals surface area contributed by atoms with Crippen molar-refractivity contribution in [1.29, 1.82) is 0 Å². The normalized spacial score (nSPS) is 19.1. The van der Waals surface area contributed by atoms with Crippen LogP contribution in [-0.4, -0.2) is 6.54 Å². The van der Waals surface area contributed by atoms with E-state index in [1.807, 2.05) is 13.8 Å². The molecule has 1 aliphatic rings. The largest absolute Gasteiger partial charge is 0.385 e. The summed E-state index contributed by atoms with van der Waals surface area (Å²) in [5, 5.41) is 3.50. The van der Waals surface area contributed by atoms with Gasteiger partial charge in [0.1, 0.15) is 0 Å². The van der Waals surface area contributed by atoms with E-state index in [4.69, 9.17) is 0 Å². The molecule has 1 heterocycles. The lowest BCUT2D eigenvalue weighted by Crippen LogP contribution is -2.08. The minimum atomic E-state index is 0.799. The quantitative estimate of drug-likeness (QED) is 0.674. The first kappa shape index (κ1) is 12.1. The van der Waals surface area contributed by atoms with Gasteiger partial charge in [-0.15, -0.1) is 0 Å². The van der Waals surface area contributed by atoms with Gasteiger partial charge in [0.25, 0.3) is 0 Å². The third kappa shape index (κ3) is 3.26. The highest BCUT2D eigenvalue weighted by atomic mass is 14.9. The number of hydrogen-bond donors (Lipinski definition) is 1. The summed E-state index contributed by atoms with van der Waals surface area (Å²) in [4.78, 5) is 0. The Kier molecular flexibility index (Phi) is 4.67. The van der Waals surface area contributed by atoms with Crippen LogP contribution in [0, 0.1) is 12.8 Å². The van der Waals surface area contributed by atoms with Crippen molar-refractivity contribution in [2.75, 3.05) is 11.9 Å². The van der Waals surface area contributed by atoms with E-state index in [0.29, 0.717) is 0 Å². The second-order valence-corrected chi connectivity index (χ2v) is 4.19. The van der Waals surface area contributed by atoms with Crippen molar-refractivity contribution in [1.82, 2.24) is 0 Å². The van der Waals surface area contributed by atoms with Crippen molar-refractivity contribution in [2.24, 2.45) is 5.92 Å². The molecule has 1 heteroatoms. The monoisotopic (exact) mass is 205 g/mol. The van der Waals surface area contributed by atoms with Gasteiger partial charge < -0.3 is 5.32 Å².